The molecule has 2 heterocycles. The molecule has 3 nitrogen and oxygen atoms in total. The average Bonchev–Trinajstić information content (AvgIpc) is 2.89. The molecule has 0 bridgehead atoms. The van der Waals surface area contributed by atoms with E-state index < -0.39 is 0 Å². The third-order valence-corrected chi connectivity index (χ3v) is 4.56. The lowest BCUT2D eigenvalue weighted by Crippen LogP contribution is -2.37. The molecule has 0 atom stereocenters. The molecule has 0 aliphatic carbocycles. The van der Waals surface area contributed by atoms with Crippen LogP contribution in [0, 0.1) is 5.92 Å². The summed E-state index contributed by atoms with van der Waals surface area (Å²) in [5, 5.41) is 3.43. The Balaban J connectivity index is 1.55. The van der Waals surface area contributed by atoms with Crippen LogP contribution in [0.5, 0.6) is 0 Å². The van der Waals surface area contributed by atoms with E-state index in [4.69, 9.17) is 5.73 Å². The number of hydrogen-bond acceptors (Lipinski definition) is 3. The molecule has 3 N–H and O–H groups in total. The molecule has 2 aliphatic heterocycles. The van der Waals surface area contributed by atoms with Crippen molar-refractivity contribution in [3.8, 4) is 0 Å². The summed E-state index contributed by atoms with van der Waals surface area (Å²) >= 11 is 0. The molecule has 1 aromatic carbocycles. The number of rotatable bonds is 4. The van der Waals surface area contributed by atoms with Crippen LogP contribution in [0.1, 0.15) is 24.0 Å². The summed E-state index contributed by atoms with van der Waals surface area (Å²) in [4.78, 5) is 2.50. The van der Waals surface area contributed by atoms with E-state index in [1.54, 1.807) is 0 Å². The Morgan fingerprint density at radius 1 is 1.26 bits per heavy atom. The third kappa shape index (κ3) is 3.10. The zero-order valence-corrected chi connectivity index (χ0v) is 11.7. The number of anilines is 1. The largest absolute Gasteiger partial charge is 0.384 e. The van der Waals surface area contributed by atoms with Gasteiger partial charge in [-0.1, -0.05) is 12.1 Å². The highest BCUT2D eigenvalue weighted by Gasteiger charge is 2.19. The van der Waals surface area contributed by atoms with E-state index in [0.717, 1.165) is 25.6 Å². The van der Waals surface area contributed by atoms with Gasteiger partial charge in [0.25, 0.3) is 0 Å². The lowest BCUT2D eigenvalue weighted by molar-refractivity contribution is 0.188. The summed E-state index contributed by atoms with van der Waals surface area (Å²) < 4.78 is 0. The Kier molecular flexibility index (Phi) is 4.04. The van der Waals surface area contributed by atoms with Gasteiger partial charge in [0.15, 0.2) is 0 Å². The highest BCUT2D eigenvalue weighted by molar-refractivity contribution is 5.56. The molecule has 0 spiro atoms. The van der Waals surface area contributed by atoms with E-state index in [0.29, 0.717) is 0 Å². The van der Waals surface area contributed by atoms with Crippen LogP contribution in [-0.2, 0) is 12.8 Å². The number of benzene rings is 1. The van der Waals surface area contributed by atoms with Crippen molar-refractivity contribution >= 4 is 5.69 Å². The minimum atomic E-state index is 0.794. The number of fused-ring (bicyclic) bond motifs is 1. The first-order valence-electron chi connectivity index (χ1n) is 7.63. The van der Waals surface area contributed by atoms with Gasteiger partial charge < -0.3 is 16.0 Å². The first kappa shape index (κ1) is 12.9. The maximum atomic E-state index is 5.62. The Hall–Kier alpha value is -1.06. The number of nitrogens with two attached hydrogens (primary N) is 1. The monoisotopic (exact) mass is 259 g/mol. The van der Waals surface area contributed by atoms with Crippen molar-refractivity contribution in [2.75, 3.05) is 38.0 Å². The first-order chi connectivity index (χ1) is 9.35. The summed E-state index contributed by atoms with van der Waals surface area (Å²) in [5.41, 5.74) is 10.0. The Morgan fingerprint density at radius 2 is 2.11 bits per heavy atom. The van der Waals surface area contributed by atoms with Gasteiger partial charge in [0.1, 0.15) is 0 Å². The SMILES string of the molecule is NCCN1CCC(Cc2ccc3c(c2)CCN3)CC1. The van der Waals surface area contributed by atoms with E-state index >= 15 is 0 Å². The van der Waals surface area contributed by atoms with Crippen molar-refractivity contribution < 1.29 is 0 Å². The Morgan fingerprint density at radius 3 is 2.89 bits per heavy atom. The summed E-state index contributed by atoms with van der Waals surface area (Å²) in [6, 6.07) is 6.99. The van der Waals surface area contributed by atoms with Crippen LogP contribution in [0.2, 0.25) is 0 Å². The minimum Gasteiger partial charge on any atom is -0.384 e. The Bertz CT molecular complexity index is 422. The zero-order chi connectivity index (χ0) is 13.1. The van der Waals surface area contributed by atoms with Crippen LogP contribution in [0.15, 0.2) is 18.2 Å². The van der Waals surface area contributed by atoms with Gasteiger partial charge in [0, 0.05) is 25.3 Å². The van der Waals surface area contributed by atoms with E-state index in [2.05, 4.69) is 28.4 Å². The molecule has 3 rings (SSSR count). The zero-order valence-electron chi connectivity index (χ0n) is 11.7. The lowest BCUT2D eigenvalue weighted by Gasteiger charge is -2.31. The third-order valence-electron chi connectivity index (χ3n) is 4.56. The van der Waals surface area contributed by atoms with Gasteiger partial charge in [-0.3, -0.25) is 0 Å². The van der Waals surface area contributed by atoms with Gasteiger partial charge in [-0.15, -0.1) is 0 Å². The maximum Gasteiger partial charge on any atom is 0.0373 e. The van der Waals surface area contributed by atoms with Crippen molar-refractivity contribution in [3.05, 3.63) is 29.3 Å². The van der Waals surface area contributed by atoms with Gasteiger partial charge in [0.05, 0.1) is 0 Å². The van der Waals surface area contributed by atoms with Crippen molar-refractivity contribution in [1.82, 2.24) is 4.90 Å². The highest BCUT2D eigenvalue weighted by Crippen LogP contribution is 2.26. The summed E-state index contributed by atoms with van der Waals surface area (Å²) in [6.45, 7) is 5.43. The maximum absolute atomic E-state index is 5.62. The molecule has 0 amide bonds. The van der Waals surface area contributed by atoms with Crippen LogP contribution < -0.4 is 11.1 Å². The molecule has 1 saturated heterocycles. The number of hydrogen-bond donors (Lipinski definition) is 2. The van der Waals surface area contributed by atoms with Crippen LogP contribution in [0.4, 0.5) is 5.69 Å². The van der Waals surface area contributed by atoms with Gasteiger partial charge in [-0.25, -0.2) is 0 Å². The topological polar surface area (TPSA) is 41.3 Å². The van der Waals surface area contributed by atoms with Gasteiger partial charge >= 0.3 is 0 Å². The number of piperidine rings is 1. The van der Waals surface area contributed by atoms with Crippen LogP contribution >= 0.6 is 0 Å². The van der Waals surface area contributed by atoms with Gasteiger partial charge in [0.2, 0.25) is 0 Å². The molecule has 0 saturated carbocycles. The van der Waals surface area contributed by atoms with Gasteiger partial charge in [-0.05, 0) is 61.9 Å². The summed E-state index contributed by atoms with van der Waals surface area (Å²) in [6.07, 6.45) is 5.10. The first-order valence-corrected chi connectivity index (χ1v) is 7.63. The number of nitrogens with zero attached hydrogens (tertiary/aromatic N) is 1. The van der Waals surface area contributed by atoms with E-state index in [1.165, 1.54) is 55.6 Å². The standard InChI is InChI=1S/C16H25N3/c17-6-10-19-8-4-13(5-9-19)11-14-1-2-16-15(12-14)3-7-18-16/h1-2,12-13,18H,3-11,17H2. The molecule has 0 radical (unpaired) electrons. The van der Waals surface area contributed by atoms with Crippen LogP contribution in [0.3, 0.4) is 0 Å². The van der Waals surface area contributed by atoms with E-state index in [-0.39, 0.29) is 0 Å². The summed E-state index contributed by atoms with van der Waals surface area (Å²) in [7, 11) is 0. The molecule has 1 fully saturated rings. The summed E-state index contributed by atoms with van der Waals surface area (Å²) in [5.74, 6) is 0.862. The predicted molar refractivity (Wildman–Crippen MR) is 80.6 cm³/mol. The smallest absolute Gasteiger partial charge is 0.0373 e. The van der Waals surface area contributed by atoms with Gasteiger partial charge in [-0.2, -0.15) is 0 Å². The Labute approximate surface area is 116 Å². The second-order valence-corrected chi connectivity index (χ2v) is 5.95. The fourth-order valence-corrected chi connectivity index (χ4v) is 3.42. The quantitative estimate of drug-likeness (QED) is 0.867. The molecule has 3 heteroatoms. The van der Waals surface area contributed by atoms with Crippen LogP contribution in [-0.4, -0.2) is 37.6 Å². The fraction of sp³-hybridized carbons (Fsp3) is 0.625. The molecule has 1 aromatic rings. The minimum absolute atomic E-state index is 0.794. The molecule has 2 aliphatic rings. The molecule has 0 unspecified atom stereocenters. The molecule has 104 valence electrons. The predicted octanol–water partition coefficient (Wildman–Crippen LogP) is 1.87. The number of likely N-dealkylation sites (tertiary alicyclic amines) is 1. The molecular weight excluding hydrogens is 234 g/mol. The number of nitrogens with one attached hydrogen (secondary N) is 1. The molecule has 0 aromatic heterocycles. The van der Waals surface area contributed by atoms with Crippen molar-refractivity contribution in [2.45, 2.75) is 25.7 Å². The highest BCUT2D eigenvalue weighted by atomic mass is 15.1. The fourth-order valence-electron chi connectivity index (χ4n) is 3.42. The molecular formula is C16H25N3. The average molecular weight is 259 g/mol. The van der Waals surface area contributed by atoms with Crippen molar-refractivity contribution in [2.24, 2.45) is 11.7 Å². The normalized spacial score (nSPS) is 20.3. The lowest BCUT2D eigenvalue weighted by atomic mass is 9.89. The van der Waals surface area contributed by atoms with E-state index in [1.807, 2.05) is 0 Å². The van der Waals surface area contributed by atoms with E-state index in [9.17, 15) is 0 Å². The second-order valence-electron chi connectivity index (χ2n) is 5.95. The second kappa shape index (κ2) is 5.93. The van der Waals surface area contributed by atoms with Crippen LogP contribution in [0.25, 0.3) is 0 Å². The molecule has 19 heavy (non-hydrogen) atoms. The van der Waals surface area contributed by atoms with Crippen molar-refractivity contribution in [3.63, 3.8) is 0 Å². The van der Waals surface area contributed by atoms with Crippen molar-refractivity contribution in [1.29, 1.82) is 0 Å².